The van der Waals surface area contributed by atoms with Crippen LogP contribution in [0.5, 0.6) is 0 Å². The highest BCUT2D eigenvalue weighted by molar-refractivity contribution is 5.72. The summed E-state index contributed by atoms with van der Waals surface area (Å²) >= 11 is 0. The van der Waals surface area contributed by atoms with Gasteiger partial charge in [0.2, 0.25) is 5.89 Å². The van der Waals surface area contributed by atoms with E-state index in [1.165, 1.54) is 7.11 Å². The molecule has 6 heteroatoms. The van der Waals surface area contributed by atoms with Gasteiger partial charge in [-0.2, -0.15) is 4.98 Å². The predicted molar refractivity (Wildman–Crippen MR) is 75.4 cm³/mol. The van der Waals surface area contributed by atoms with Gasteiger partial charge in [0.1, 0.15) is 6.61 Å². The fourth-order valence-corrected chi connectivity index (χ4v) is 2.61. The Balaban J connectivity index is 1.72. The van der Waals surface area contributed by atoms with Gasteiger partial charge >= 0.3 is 5.97 Å². The number of carbonyl (C=O) groups is 1. The van der Waals surface area contributed by atoms with E-state index < -0.39 is 0 Å². The van der Waals surface area contributed by atoms with Crippen molar-refractivity contribution >= 4 is 5.97 Å². The van der Waals surface area contributed by atoms with Crippen LogP contribution < -0.4 is 0 Å². The second-order valence-corrected chi connectivity index (χ2v) is 6.01. The van der Waals surface area contributed by atoms with Gasteiger partial charge in [-0.25, -0.2) is 0 Å². The summed E-state index contributed by atoms with van der Waals surface area (Å²) in [6.07, 6.45) is 4.34. The molecule has 6 nitrogen and oxygen atoms in total. The van der Waals surface area contributed by atoms with Crippen molar-refractivity contribution in [3.63, 3.8) is 0 Å². The van der Waals surface area contributed by atoms with Gasteiger partial charge in [0.15, 0.2) is 5.82 Å². The van der Waals surface area contributed by atoms with E-state index in [9.17, 15) is 4.79 Å². The molecular weight excluding hydrogens is 272 g/mol. The zero-order valence-corrected chi connectivity index (χ0v) is 13.0. The minimum atomic E-state index is -0.107. The van der Waals surface area contributed by atoms with Gasteiger partial charge in [0.05, 0.1) is 19.1 Å². The monoisotopic (exact) mass is 296 g/mol. The SMILES string of the molecule is COC(=O)C1CCC(OCc2noc(CC(C)C)n2)CC1. The molecular formula is C15H24N2O4. The zero-order valence-electron chi connectivity index (χ0n) is 13.0. The van der Waals surface area contributed by atoms with Crippen molar-refractivity contribution in [3.8, 4) is 0 Å². The maximum atomic E-state index is 11.4. The van der Waals surface area contributed by atoms with Crippen LogP contribution in [-0.4, -0.2) is 29.3 Å². The highest BCUT2D eigenvalue weighted by atomic mass is 16.5. The lowest BCUT2D eigenvalue weighted by Gasteiger charge is -2.26. The van der Waals surface area contributed by atoms with Crippen molar-refractivity contribution < 1.29 is 18.8 Å². The van der Waals surface area contributed by atoms with Crippen molar-refractivity contribution in [2.24, 2.45) is 11.8 Å². The molecule has 0 unspecified atom stereocenters. The zero-order chi connectivity index (χ0) is 15.2. The average Bonchev–Trinajstić information content (AvgIpc) is 2.91. The first-order valence-electron chi connectivity index (χ1n) is 7.59. The van der Waals surface area contributed by atoms with E-state index in [2.05, 4.69) is 24.0 Å². The van der Waals surface area contributed by atoms with Crippen LogP contribution in [0.2, 0.25) is 0 Å². The molecule has 0 spiro atoms. The molecule has 0 amide bonds. The molecule has 1 saturated carbocycles. The second kappa shape index (κ2) is 7.54. The summed E-state index contributed by atoms with van der Waals surface area (Å²) in [6.45, 7) is 4.59. The first-order chi connectivity index (χ1) is 10.1. The van der Waals surface area contributed by atoms with Crippen LogP contribution in [0.1, 0.15) is 51.2 Å². The highest BCUT2D eigenvalue weighted by Gasteiger charge is 2.27. The number of hydrogen-bond acceptors (Lipinski definition) is 6. The van der Waals surface area contributed by atoms with Gasteiger partial charge in [0, 0.05) is 6.42 Å². The minimum Gasteiger partial charge on any atom is -0.469 e. The van der Waals surface area contributed by atoms with Gasteiger partial charge in [-0.1, -0.05) is 19.0 Å². The van der Waals surface area contributed by atoms with Gasteiger partial charge < -0.3 is 14.0 Å². The molecule has 0 aliphatic heterocycles. The fourth-order valence-electron chi connectivity index (χ4n) is 2.61. The van der Waals surface area contributed by atoms with Crippen LogP contribution in [0.25, 0.3) is 0 Å². The maximum absolute atomic E-state index is 11.4. The van der Waals surface area contributed by atoms with E-state index in [0.29, 0.717) is 24.2 Å². The van der Waals surface area contributed by atoms with Gasteiger partial charge in [-0.15, -0.1) is 0 Å². The van der Waals surface area contributed by atoms with Crippen molar-refractivity contribution in [2.75, 3.05) is 7.11 Å². The molecule has 1 fully saturated rings. The molecule has 0 bridgehead atoms. The molecule has 0 radical (unpaired) electrons. The molecule has 21 heavy (non-hydrogen) atoms. The van der Waals surface area contributed by atoms with Crippen molar-refractivity contribution in [2.45, 2.75) is 58.7 Å². The Kier molecular flexibility index (Phi) is 5.73. The van der Waals surface area contributed by atoms with E-state index in [0.717, 1.165) is 32.1 Å². The number of hydrogen-bond donors (Lipinski definition) is 0. The lowest BCUT2D eigenvalue weighted by Crippen LogP contribution is -2.27. The van der Waals surface area contributed by atoms with E-state index in [4.69, 9.17) is 14.0 Å². The third-order valence-electron chi connectivity index (χ3n) is 3.75. The predicted octanol–water partition coefficient (Wildman–Crippen LogP) is 2.52. The number of ether oxygens (including phenoxy) is 2. The highest BCUT2D eigenvalue weighted by Crippen LogP contribution is 2.27. The molecule has 0 aromatic carbocycles. The van der Waals surface area contributed by atoms with Crippen LogP contribution in [0, 0.1) is 11.8 Å². The Morgan fingerprint density at radius 3 is 2.67 bits per heavy atom. The van der Waals surface area contributed by atoms with E-state index in [1.807, 2.05) is 0 Å². The maximum Gasteiger partial charge on any atom is 0.308 e. The summed E-state index contributed by atoms with van der Waals surface area (Å²) < 4.78 is 15.8. The Morgan fingerprint density at radius 2 is 2.05 bits per heavy atom. The van der Waals surface area contributed by atoms with Crippen LogP contribution in [0.4, 0.5) is 0 Å². The molecule has 118 valence electrons. The summed E-state index contributed by atoms with van der Waals surface area (Å²) in [5, 5.41) is 3.92. The minimum absolute atomic E-state index is 0.0256. The van der Waals surface area contributed by atoms with E-state index >= 15 is 0 Å². The quantitative estimate of drug-likeness (QED) is 0.751. The normalized spacial score (nSPS) is 22.5. The lowest BCUT2D eigenvalue weighted by molar-refractivity contribution is -0.147. The van der Waals surface area contributed by atoms with Crippen molar-refractivity contribution in [3.05, 3.63) is 11.7 Å². The molecule has 2 rings (SSSR count). The number of methoxy groups -OCH3 is 1. The number of nitrogens with zero attached hydrogens (tertiary/aromatic N) is 2. The van der Waals surface area contributed by atoms with E-state index in [-0.39, 0.29) is 18.0 Å². The summed E-state index contributed by atoms with van der Waals surface area (Å²) in [5.74, 6) is 1.68. The summed E-state index contributed by atoms with van der Waals surface area (Å²) in [5.41, 5.74) is 0. The lowest BCUT2D eigenvalue weighted by atomic mass is 9.87. The first kappa shape index (κ1) is 15.9. The number of rotatable bonds is 6. The molecule has 1 aromatic heterocycles. The standard InChI is InChI=1S/C15H24N2O4/c1-10(2)8-14-16-13(17-21-14)9-20-12-6-4-11(5-7-12)15(18)19-3/h10-12H,4-9H2,1-3H3. The largest absolute Gasteiger partial charge is 0.469 e. The first-order valence-corrected chi connectivity index (χ1v) is 7.59. The molecule has 1 aliphatic carbocycles. The molecule has 1 aliphatic rings. The van der Waals surface area contributed by atoms with Crippen LogP contribution >= 0.6 is 0 Å². The summed E-state index contributed by atoms with van der Waals surface area (Å²) in [7, 11) is 1.44. The van der Waals surface area contributed by atoms with Gasteiger partial charge in [0.25, 0.3) is 0 Å². The molecule has 0 atom stereocenters. The third kappa shape index (κ3) is 4.81. The Morgan fingerprint density at radius 1 is 1.33 bits per heavy atom. The van der Waals surface area contributed by atoms with Crippen molar-refractivity contribution in [1.29, 1.82) is 0 Å². The van der Waals surface area contributed by atoms with E-state index in [1.54, 1.807) is 0 Å². The van der Waals surface area contributed by atoms with Gasteiger partial charge in [-0.3, -0.25) is 4.79 Å². The van der Waals surface area contributed by atoms with Crippen LogP contribution in [0.3, 0.4) is 0 Å². The topological polar surface area (TPSA) is 74.5 Å². The molecule has 0 saturated heterocycles. The molecule has 0 N–H and O–H groups in total. The van der Waals surface area contributed by atoms with Crippen molar-refractivity contribution in [1.82, 2.24) is 10.1 Å². The number of carbonyl (C=O) groups excluding carboxylic acids is 1. The number of esters is 1. The Hall–Kier alpha value is -1.43. The number of aromatic nitrogens is 2. The average molecular weight is 296 g/mol. The second-order valence-electron chi connectivity index (χ2n) is 6.01. The van der Waals surface area contributed by atoms with Gasteiger partial charge in [-0.05, 0) is 31.6 Å². The molecule has 1 aromatic rings. The fraction of sp³-hybridized carbons (Fsp3) is 0.800. The van der Waals surface area contributed by atoms with Crippen LogP contribution in [0.15, 0.2) is 4.52 Å². The van der Waals surface area contributed by atoms with Crippen LogP contribution in [-0.2, 0) is 27.3 Å². The summed E-state index contributed by atoms with van der Waals surface area (Å²) in [4.78, 5) is 15.8. The molecule has 1 heterocycles. The third-order valence-corrected chi connectivity index (χ3v) is 3.75. The Labute approximate surface area is 125 Å². The summed E-state index contributed by atoms with van der Waals surface area (Å²) in [6, 6.07) is 0. The Bertz CT molecular complexity index is 450. The smallest absolute Gasteiger partial charge is 0.308 e.